The van der Waals surface area contributed by atoms with E-state index < -0.39 is 18.2 Å². The van der Waals surface area contributed by atoms with Crippen LogP contribution in [0.4, 0.5) is 0 Å². The average molecular weight is 406 g/mol. The first-order chi connectivity index (χ1) is 13.9. The molecule has 4 rings (SSSR count). The lowest BCUT2D eigenvalue weighted by atomic mass is 9.87. The van der Waals surface area contributed by atoms with Crippen molar-refractivity contribution in [3.05, 3.63) is 12.2 Å². The van der Waals surface area contributed by atoms with Crippen LogP contribution in [0, 0.1) is 29.6 Å². The van der Waals surface area contributed by atoms with Crippen LogP contribution >= 0.6 is 0 Å². The van der Waals surface area contributed by atoms with Crippen molar-refractivity contribution in [1.82, 2.24) is 4.90 Å². The summed E-state index contributed by atoms with van der Waals surface area (Å²) in [6, 6.07) is 0.125. The summed E-state index contributed by atoms with van der Waals surface area (Å²) in [5.74, 6) is 1.25. The lowest BCUT2D eigenvalue weighted by Crippen LogP contribution is -2.51. The number of carboxylic acids is 1. The van der Waals surface area contributed by atoms with E-state index in [9.17, 15) is 20.1 Å². The lowest BCUT2D eigenvalue weighted by Gasteiger charge is -2.38. The van der Waals surface area contributed by atoms with Crippen molar-refractivity contribution in [2.45, 2.75) is 102 Å². The molecule has 0 bridgehead atoms. The monoisotopic (exact) mass is 405 g/mol. The summed E-state index contributed by atoms with van der Waals surface area (Å²) in [7, 11) is 0. The van der Waals surface area contributed by atoms with Gasteiger partial charge in [-0.15, -0.1) is 0 Å². The molecular weight excluding hydrogens is 366 g/mol. The minimum absolute atomic E-state index is 0.0397. The first-order valence-electron chi connectivity index (χ1n) is 11.9. The van der Waals surface area contributed by atoms with Gasteiger partial charge in [0, 0.05) is 18.0 Å². The van der Waals surface area contributed by atoms with Gasteiger partial charge in [-0.05, 0) is 68.6 Å². The van der Waals surface area contributed by atoms with Gasteiger partial charge in [-0.1, -0.05) is 38.8 Å². The van der Waals surface area contributed by atoms with Crippen LogP contribution in [0.5, 0.6) is 0 Å². The van der Waals surface area contributed by atoms with Crippen LogP contribution in [0.1, 0.15) is 71.6 Å². The van der Waals surface area contributed by atoms with Crippen molar-refractivity contribution in [2.24, 2.45) is 29.6 Å². The van der Waals surface area contributed by atoms with Crippen LogP contribution in [-0.2, 0) is 4.79 Å². The number of nitrogens with zero attached hydrogens (tertiary/aromatic N) is 1. The second-order valence-electron chi connectivity index (χ2n) is 10.4. The van der Waals surface area contributed by atoms with Crippen molar-refractivity contribution >= 4 is 5.97 Å². The second kappa shape index (κ2) is 8.68. The quantitative estimate of drug-likeness (QED) is 0.590. The molecule has 0 radical (unpaired) electrons. The summed E-state index contributed by atoms with van der Waals surface area (Å²) < 4.78 is 0. The molecule has 10 atom stereocenters. The Kier molecular flexibility index (Phi) is 6.38. The fourth-order valence-electron chi connectivity index (χ4n) is 7.37. The third kappa shape index (κ3) is 4.03. The standard InChI is InChI=1S/C24H39NO4/c1-3-5-15-10-14(2)18(11-15)22(26)9-8-17-19-12-16-6-4-7-20(24(28)29)25(16)21(19)13-23(17)27/h8-9,14-23,26-27H,3-7,10-13H2,1-2H3,(H,28,29)/b9-8+/t14?,15?,16?,17-,18?,19-,20?,21-,22+,23-/m1/s1. The fourth-order valence-corrected chi connectivity index (χ4v) is 7.37. The van der Waals surface area contributed by atoms with Gasteiger partial charge in [0.05, 0.1) is 12.2 Å². The summed E-state index contributed by atoms with van der Waals surface area (Å²) in [5.41, 5.74) is 0. The van der Waals surface area contributed by atoms with Gasteiger partial charge in [-0.2, -0.15) is 0 Å². The molecule has 0 aromatic carbocycles. The van der Waals surface area contributed by atoms with Crippen LogP contribution in [0.2, 0.25) is 0 Å². The van der Waals surface area contributed by atoms with Gasteiger partial charge in [0.1, 0.15) is 6.04 Å². The normalized spacial score (nSPS) is 46.1. The maximum absolute atomic E-state index is 11.8. The predicted octanol–water partition coefficient (Wildman–Crippen LogP) is 3.44. The number of rotatable bonds is 6. The van der Waals surface area contributed by atoms with Crippen molar-refractivity contribution < 1.29 is 20.1 Å². The van der Waals surface area contributed by atoms with Crippen molar-refractivity contribution in [3.8, 4) is 0 Å². The Morgan fingerprint density at radius 3 is 2.72 bits per heavy atom. The number of carbonyl (C=O) groups is 1. The third-order valence-corrected chi connectivity index (χ3v) is 8.63. The van der Waals surface area contributed by atoms with E-state index in [-0.39, 0.29) is 18.0 Å². The largest absolute Gasteiger partial charge is 0.480 e. The predicted molar refractivity (Wildman–Crippen MR) is 112 cm³/mol. The van der Waals surface area contributed by atoms with E-state index in [1.54, 1.807) is 0 Å². The molecule has 4 aliphatic rings. The Bertz CT molecular complexity index is 622. The fraction of sp³-hybridized carbons (Fsp3) is 0.875. The van der Waals surface area contributed by atoms with E-state index in [2.05, 4.69) is 24.8 Å². The van der Waals surface area contributed by atoms with Gasteiger partial charge in [0.25, 0.3) is 0 Å². The first-order valence-corrected chi connectivity index (χ1v) is 11.9. The molecule has 5 nitrogen and oxygen atoms in total. The Morgan fingerprint density at radius 1 is 1.21 bits per heavy atom. The third-order valence-electron chi connectivity index (χ3n) is 8.63. The van der Waals surface area contributed by atoms with E-state index in [1.165, 1.54) is 19.3 Å². The van der Waals surface area contributed by atoms with Crippen LogP contribution in [0.25, 0.3) is 0 Å². The van der Waals surface area contributed by atoms with Gasteiger partial charge in [-0.25, -0.2) is 0 Å². The van der Waals surface area contributed by atoms with Crippen LogP contribution in [0.15, 0.2) is 12.2 Å². The highest BCUT2D eigenvalue weighted by Crippen LogP contribution is 2.49. The van der Waals surface area contributed by atoms with E-state index in [0.29, 0.717) is 30.2 Å². The second-order valence-corrected chi connectivity index (χ2v) is 10.4. The molecule has 29 heavy (non-hydrogen) atoms. The first kappa shape index (κ1) is 21.3. The Balaban J connectivity index is 1.42. The van der Waals surface area contributed by atoms with E-state index in [0.717, 1.165) is 38.0 Å². The lowest BCUT2D eigenvalue weighted by molar-refractivity contribution is -0.146. The van der Waals surface area contributed by atoms with E-state index in [1.807, 2.05) is 6.08 Å². The molecule has 2 saturated heterocycles. The Labute approximate surface area is 175 Å². The number of fused-ring (bicyclic) bond motifs is 3. The molecule has 0 aromatic rings. The van der Waals surface area contributed by atoms with Crippen molar-refractivity contribution in [1.29, 1.82) is 0 Å². The molecule has 2 saturated carbocycles. The highest BCUT2D eigenvalue weighted by atomic mass is 16.4. The molecule has 5 unspecified atom stereocenters. The zero-order valence-corrected chi connectivity index (χ0v) is 18.0. The van der Waals surface area contributed by atoms with Gasteiger partial charge in [0.15, 0.2) is 0 Å². The molecule has 2 aliphatic carbocycles. The SMILES string of the molecule is CCCC1CC(C)C([C@@H](O)/C=C/[C@@H]2[C@H]3CC4CCCC(C(=O)O)N4[C@@H]3C[C@H]2O)C1. The maximum atomic E-state index is 11.8. The van der Waals surface area contributed by atoms with Gasteiger partial charge >= 0.3 is 5.97 Å². The highest BCUT2D eigenvalue weighted by Gasteiger charge is 2.55. The molecule has 0 amide bonds. The topological polar surface area (TPSA) is 81.0 Å². The molecule has 0 spiro atoms. The molecule has 2 heterocycles. The molecule has 2 aliphatic heterocycles. The minimum atomic E-state index is -0.712. The molecule has 3 N–H and O–H groups in total. The molecular formula is C24H39NO4. The Hall–Kier alpha value is -0.910. The number of aliphatic hydroxyl groups is 2. The van der Waals surface area contributed by atoms with E-state index >= 15 is 0 Å². The van der Waals surface area contributed by atoms with E-state index in [4.69, 9.17) is 0 Å². The number of hydrogen-bond acceptors (Lipinski definition) is 4. The zero-order valence-electron chi connectivity index (χ0n) is 18.0. The van der Waals surface area contributed by atoms with Crippen LogP contribution in [0.3, 0.4) is 0 Å². The summed E-state index contributed by atoms with van der Waals surface area (Å²) >= 11 is 0. The number of aliphatic hydroxyl groups excluding tert-OH is 2. The number of carboxylic acid groups (broad SMARTS) is 1. The molecule has 4 fully saturated rings. The number of piperidine rings is 1. The van der Waals surface area contributed by atoms with Gasteiger partial charge in [-0.3, -0.25) is 9.69 Å². The van der Waals surface area contributed by atoms with Gasteiger partial charge in [0.2, 0.25) is 0 Å². The highest BCUT2D eigenvalue weighted by molar-refractivity contribution is 5.73. The van der Waals surface area contributed by atoms with Crippen molar-refractivity contribution in [2.75, 3.05) is 0 Å². The summed E-state index contributed by atoms with van der Waals surface area (Å²) in [5, 5.41) is 31.3. The maximum Gasteiger partial charge on any atom is 0.320 e. The van der Waals surface area contributed by atoms with Crippen LogP contribution in [-0.4, -0.2) is 56.5 Å². The molecule has 164 valence electrons. The summed E-state index contributed by atoms with van der Waals surface area (Å²) in [6.45, 7) is 4.50. The Morgan fingerprint density at radius 2 is 2.00 bits per heavy atom. The summed E-state index contributed by atoms with van der Waals surface area (Å²) in [4.78, 5) is 14.0. The zero-order chi connectivity index (χ0) is 20.7. The average Bonchev–Trinajstić information content (AvgIpc) is 3.31. The summed E-state index contributed by atoms with van der Waals surface area (Å²) in [6.07, 6.45) is 12.4. The number of aliphatic carboxylic acids is 1. The van der Waals surface area contributed by atoms with Crippen molar-refractivity contribution in [3.63, 3.8) is 0 Å². The molecule has 0 aromatic heterocycles. The molecule has 5 heteroatoms. The van der Waals surface area contributed by atoms with Gasteiger partial charge < -0.3 is 15.3 Å². The number of hydrogen-bond donors (Lipinski definition) is 3. The van der Waals surface area contributed by atoms with Crippen LogP contribution < -0.4 is 0 Å². The minimum Gasteiger partial charge on any atom is -0.480 e. The smallest absolute Gasteiger partial charge is 0.320 e.